The van der Waals surface area contributed by atoms with E-state index < -0.39 is 0 Å². The first-order valence-electron chi connectivity index (χ1n) is 4.12. The average Bonchev–Trinajstić information content (AvgIpc) is 2.83. The number of fused-ring (bicyclic) bond motifs is 1. The molecule has 0 N–H and O–H groups in total. The lowest BCUT2D eigenvalue weighted by Gasteiger charge is -2.00. The monoisotopic (exact) mass is 180 g/mol. The summed E-state index contributed by atoms with van der Waals surface area (Å²) in [6.45, 7) is 0. The molecular weight excluding hydrogens is 168 g/mol. The van der Waals surface area contributed by atoms with Crippen LogP contribution in [0.4, 0.5) is 0 Å². The van der Waals surface area contributed by atoms with Crippen LogP contribution in [0.2, 0.25) is 0 Å². The molecule has 1 saturated heterocycles. The van der Waals surface area contributed by atoms with Gasteiger partial charge in [-0.05, 0) is 18.1 Å². The van der Waals surface area contributed by atoms with Crippen molar-refractivity contribution in [1.82, 2.24) is 0 Å². The van der Waals surface area contributed by atoms with Crippen molar-refractivity contribution >= 4 is 11.8 Å². The van der Waals surface area contributed by atoms with Crippen molar-refractivity contribution < 1.29 is 4.74 Å². The normalized spacial score (nSPS) is 31.6. The Hall–Kier alpha value is -0.630. The number of rotatable bonds is 3. The highest BCUT2D eigenvalue weighted by Crippen LogP contribution is 2.46. The molecule has 1 aliphatic carbocycles. The van der Waals surface area contributed by atoms with Crippen LogP contribution < -0.4 is 0 Å². The maximum Gasteiger partial charge on any atom is 0.0788 e. The summed E-state index contributed by atoms with van der Waals surface area (Å²) in [5, 5.41) is 1.57. The van der Waals surface area contributed by atoms with Crippen molar-refractivity contribution in [3.05, 3.63) is 36.1 Å². The highest BCUT2D eigenvalue weighted by Gasteiger charge is 2.35. The molecule has 0 amide bonds. The SMILES string of the molecule is COC=CCC1=CC2SC2C=C1. The minimum atomic E-state index is 0.779. The molecule has 0 aromatic heterocycles. The fourth-order valence-electron chi connectivity index (χ4n) is 1.33. The van der Waals surface area contributed by atoms with Crippen LogP contribution in [0.15, 0.2) is 36.1 Å². The first-order chi connectivity index (χ1) is 5.90. The average molecular weight is 180 g/mol. The maximum atomic E-state index is 4.83. The third-order valence-electron chi connectivity index (χ3n) is 2.03. The Morgan fingerprint density at radius 2 is 2.50 bits per heavy atom. The minimum absolute atomic E-state index is 0.779. The summed E-state index contributed by atoms with van der Waals surface area (Å²) in [6.07, 6.45) is 11.7. The first kappa shape index (κ1) is 7.99. The van der Waals surface area contributed by atoms with Gasteiger partial charge >= 0.3 is 0 Å². The number of thioether (sulfide) groups is 1. The summed E-state index contributed by atoms with van der Waals surface area (Å²) >= 11 is 2.02. The van der Waals surface area contributed by atoms with Crippen LogP contribution in [0.3, 0.4) is 0 Å². The molecule has 12 heavy (non-hydrogen) atoms. The van der Waals surface area contributed by atoms with Crippen LogP contribution in [0, 0.1) is 0 Å². The standard InChI is InChI=1S/C10H12OS/c1-11-6-2-3-8-4-5-9-10(7-8)12-9/h2,4-7,9-10H,3H2,1H3. The van der Waals surface area contributed by atoms with Gasteiger partial charge in [0, 0.05) is 10.5 Å². The number of allylic oxidation sites excluding steroid dienone is 3. The first-order valence-corrected chi connectivity index (χ1v) is 5.06. The van der Waals surface area contributed by atoms with Gasteiger partial charge in [0.15, 0.2) is 0 Å². The van der Waals surface area contributed by atoms with Gasteiger partial charge in [0.2, 0.25) is 0 Å². The minimum Gasteiger partial charge on any atom is -0.505 e. The van der Waals surface area contributed by atoms with Gasteiger partial charge in [-0.2, -0.15) is 0 Å². The molecule has 0 saturated carbocycles. The van der Waals surface area contributed by atoms with Crippen molar-refractivity contribution in [2.24, 2.45) is 0 Å². The highest BCUT2D eigenvalue weighted by atomic mass is 32.2. The molecule has 0 spiro atoms. The number of ether oxygens (including phenoxy) is 1. The molecule has 2 aliphatic rings. The Bertz CT molecular complexity index is 253. The second-order valence-corrected chi connectivity index (χ2v) is 4.34. The Balaban J connectivity index is 1.88. The van der Waals surface area contributed by atoms with Gasteiger partial charge in [-0.3, -0.25) is 0 Å². The lowest BCUT2D eigenvalue weighted by molar-refractivity contribution is 0.337. The molecule has 2 rings (SSSR count). The van der Waals surface area contributed by atoms with E-state index in [-0.39, 0.29) is 0 Å². The molecule has 1 nitrogen and oxygen atoms in total. The van der Waals surface area contributed by atoms with Crippen LogP contribution in [0.5, 0.6) is 0 Å². The van der Waals surface area contributed by atoms with Crippen molar-refractivity contribution in [2.75, 3.05) is 7.11 Å². The molecule has 0 aromatic carbocycles. The van der Waals surface area contributed by atoms with E-state index in [2.05, 4.69) is 18.2 Å². The maximum absolute atomic E-state index is 4.83. The molecule has 2 unspecified atom stereocenters. The lowest BCUT2D eigenvalue weighted by atomic mass is 10.0. The van der Waals surface area contributed by atoms with Crippen molar-refractivity contribution in [2.45, 2.75) is 16.9 Å². The van der Waals surface area contributed by atoms with Gasteiger partial charge in [0.05, 0.1) is 13.4 Å². The summed E-state index contributed by atoms with van der Waals surface area (Å²) in [5.74, 6) is 0. The summed E-state index contributed by atoms with van der Waals surface area (Å²) in [7, 11) is 1.67. The van der Waals surface area contributed by atoms with Gasteiger partial charge in [-0.15, -0.1) is 11.8 Å². The summed E-state index contributed by atoms with van der Waals surface area (Å²) in [4.78, 5) is 0. The van der Waals surface area contributed by atoms with E-state index in [1.54, 1.807) is 13.4 Å². The van der Waals surface area contributed by atoms with E-state index in [0.29, 0.717) is 0 Å². The second-order valence-electron chi connectivity index (χ2n) is 2.98. The van der Waals surface area contributed by atoms with Crippen LogP contribution in [-0.2, 0) is 4.74 Å². The van der Waals surface area contributed by atoms with E-state index in [4.69, 9.17) is 4.74 Å². The third-order valence-corrected chi connectivity index (χ3v) is 3.22. The van der Waals surface area contributed by atoms with Crippen LogP contribution >= 0.6 is 11.8 Å². The zero-order valence-corrected chi connectivity index (χ0v) is 7.88. The van der Waals surface area contributed by atoms with Crippen LogP contribution in [0.1, 0.15) is 6.42 Å². The van der Waals surface area contributed by atoms with E-state index >= 15 is 0 Å². The number of methoxy groups -OCH3 is 1. The number of hydrogen-bond donors (Lipinski definition) is 0. The Morgan fingerprint density at radius 3 is 3.25 bits per heavy atom. The molecule has 2 atom stereocenters. The van der Waals surface area contributed by atoms with E-state index in [0.717, 1.165) is 16.9 Å². The second kappa shape index (κ2) is 3.40. The zero-order chi connectivity index (χ0) is 8.39. The third kappa shape index (κ3) is 1.75. The van der Waals surface area contributed by atoms with Crippen molar-refractivity contribution in [3.63, 3.8) is 0 Å². The Kier molecular flexibility index (Phi) is 2.26. The summed E-state index contributed by atoms with van der Waals surface area (Å²) in [5.41, 5.74) is 1.41. The fourth-order valence-corrected chi connectivity index (χ4v) is 2.19. The van der Waals surface area contributed by atoms with Gasteiger partial charge in [-0.1, -0.05) is 18.2 Å². The van der Waals surface area contributed by atoms with E-state index in [1.165, 1.54) is 5.57 Å². The summed E-state index contributed by atoms with van der Waals surface area (Å²) < 4.78 is 4.83. The van der Waals surface area contributed by atoms with Crippen molar-refractivity contribution in [3.8, 4) is 0 Å². The lowest BCUT2D eigenvalue weighted by Crippen LogP contribution is -1.93. The van der Waals surface area contributed by atoms with Crippen LogP contribution in [0.25, 0.3) is 0 Å². The molecular formula is C10H12OS. The van der Waals surface area contributed by atoms with Gasteiger partial charge in [0.1, 0.15) is 0 Å². The summed E-state index contributed by atoms with van der Waals surface area (Å²) in [6, 6.07) is 0. The quantitative estimate of drug-likeness (QED) is 0.487. The smallest absolute Gasteiger partial charge is 0.0788 e. The van der Waals surface area contributed by atoms with Gasteiger partial charge in [0.25, 0.3) is 0 Å². The molecule has 1 aliphatic heterocycles. The van der Waals surface area contributed by atoms with Crippen LogP contribution in [-0.4, -0.2) is 17.6 Å². The zero-order valence-electron chi connectivity index (χ0n) is 7.07. The molecule has 64 valence electrons. The Labute approximate surface area is 77.2 Å². The van der Waals surface area contributed by atoms with E-state index in [1.807, 2.05) is 17.8 Å². The highest BCUT2D eigenvalue weighted by molar-refractivity contribution is 8.08. The topological polar surface area (TPSA) is 9.23 Å². The largest absolute Gasteiger partial charge is 0.505 e. The number of hydrogen-bond acceptors (Lipinski definition) is 2. The van der Waals surface area contributed by atoms with Gasteiger partial charge < -0.3 is 4.74 Å². The predicted octanol–water partition coefficient (Wildman–Crippen LogP) is 2.52. The van der Waals surface area contributed by atoms with Gasteiger partial charge in [-0.25, -0.2) is 0 Å². The predicted molar refractivity (Wildman–Crippen MR) is 53.2 cm³/mol. The Morgan fingerprint density at radius 1 is 1.58 bits per heavy atom. The fraction of sp³-hybridized carbons (Fsp3) is 0.400. The molecule has 1 fully saturated rings. The van der Waals surface area contributed by atoms with E-state index in [9.17, 15) is 0 Å². The molecule has 1 heterocycles. The molecule has 0 bridgehead atoms. The molecule has 0 aromatic rings. The molecule has 0 radical (unpaired) electrons. The molecule has 2 heteroatoms. The van der Waals surface area contributed by atoms with Crippen molar-refractivity contribution in [1.29, 1.82) is 0 Å².